The number of fused-ring (bicyclic) bond motifs is 1. The summed E-state index contributed by atoms with van der Waals surface area (Å²) in [4.78, 5) is 47.0. The molecule has 1 aliphatic rings. The number of hydrogen-bond donors (Lipinski definition) is 1. The van der Waals surface area contributed by atoms with Gasteiger partial charge >= 0.3 is 5.97 Å². The molecule has 8 nitrogen and oxygen atoms in total. The molecule has 1 heterocycles. The molecule has 2 rings (SSSR count). The third kappa shape index (κ3) is 2.43. The Hall–Kier alpha value is -2.77. The van der Waals surface area contributed by atoms with Gasteiger partial charge in [-0.3, -0.25) is 24.6 Å². The Labute approximate surface area is 125 Å². The van der Waals surface area contributed by atoms with Crippen molar-refractivity contribution in [2.24, 2.45) is 5.92 Å². The smallest absolute Gasteiger partial charge is 0.326 e. The van der Waals surface area contributed by atoms with Crippen molar-refractivity contribution in [3.8, 4) is 0 Å². The Kier molecular flexibility index (Phi) is 3.94. The molecule has 0 radical (unpaired) electrons. The molecule has 1 aromatic carbocycles. The van der Waals surface area contributed by atoms with Crippen LogP contribution in [0.1, 0.15) is 41.0 Å². The average Bonchev–Trinajstić information content (AvgIpc) is 2.68. The van der Waals surface area contributed by atoms with Gasteiger partial charge in [-0.15, -0.1) is 0 Å². The first-order valence-corrected chi connectivity index (χ1v) is 6.63. The predicted octanol–water partition coefficient (Wildman–Crippen LogP) is 1.69. The van der Waals surface area contributed by atoms with Crippen molar-refractivity contribution < 1.29 is 24.4 Å². The van der Waals surface area contributed by atoms with Gasteiger partial charge in [0.2, 0.25) is 0 Å². The van der Waals surface area contributed by atoms with Crippen molar-refractivity contribution >= 4 is 23.5 Å². The maximum atomic E-state index is 12.4. The summed E-state index contributed by atoms with van der Waals surface area (Å²) in [5.74, 6) is -3.12. The van der Waals surface area contributed by atoms with Gasteiger partial charge < -0.3 is 5.11 Å². The molecule has 0 bridgehead atoms. The quantitative estimate of drug-likeness (QED) is 0.502. The summed E-state index contributed by atoms with van der Waals surface area (Å²) in [5.41, 5.74) is -0.964. The second kappa shape index (κ2) is 5.55. The molecule has 1 unspecified atom stereocenters. The topological polar surface area (TPSA) is 118 Å². The molecule has 1 N–H and O–H groups in total. The lowest BCUT2D eigenvalue weighted by Gasteiger charge is -2.23. The van der Waals surface area contributed by atoms with Crippen molar-refractivity contribution in [3.63, 3.8) is 0 Å². The number of hydrogen-bond acceptors (Lipinski definition) is 5. The number of carbonyl (C=O) groups is 3. The third-order valence-corrected chi connectivity index (χ3v) is 3.41. The van der Waals surface area contributed by atoms with Crippen molar-refractivity contribution in [2.45, 2.75) is 26.3 Å². The first-order valence-electron chi connectivity index (χ1n) is 6.63. The highest BCUT2D eigenvalue weighted by molar-refractivity contribution is 6.24. The first-order chi connectivity index (χ1) is 10.3. The average molecular weight is 306 g/mol. The van der Waals surface area contributed by atoms with E-state index in [4.69, 9.17) is 0 Å². The normalized spacial score (nSPS) is 15.1. The highest BCUT2D eigenvalue weighted by atomic mass is 16.6. The van der Waals surface area contributed by atoms with Gasteiger partial charge in [-0.05, 0) is 18.4 Å². The minimum Gasteiger partial charge on any atom is -0.480 e. The summed E-state index contributed by atoms with van der Waals surface area (Å²) in [5, 5.41) is 20.3. The summed E-state index contributed by atoms with van der Waals surface area (Å²) in [6.07, 6.45) is 0.0780. The molecule has 0 fully saturated rings. The second-order valence-electron chi connectivity index (χ2n) is 5.42. The zero-order valence-electron chi connectivity index (χ0n) is 12.0. The Balaban J connectivity index is 2.53. The van der Waals surface area contributed by atoms with E-state index in [1.807, 2.05) is 0 Å². The van der Waals surface area contributed by atoms with E-state index < -0.39 is 34.4 Å². The molecule has 0 saturated carbocycles. The highest BCUT2D eigenvalue weighted by Gasteiger charge is 2.46. The SMILES string of the molecule is CC(C)CC(C(=O)O)N1C(=O)c2cccc([N+](=O)[O-])c2C1=O. The largest absolute Gasteiger partial charge is 0.480 e. The van der Waals surface area contributed by atoms with Crippen LogP contribution in [0.3, 0.4) is 0 Å². The molecule has 1 atom stereocenters. The van der Waals surface area contributed by atoms with Gasteiger partial charge in [-0.2, -0.15) is 0 Å². The number of aliphatic carboxylic acids is 1. The number of nitro groups is 1. The molecule has 116 valence electrons. The predicted molar refractivity (Wildman–Crippen MR) is 74.5 cm³/mol. The van der Waals surface area contributed by atoms with E-state index >= 15 is 0 Å². The summed E-state index contributed by atoms with van der Waals surface area (Å²) in [6, 6.07) is 2.36. The Morgan fingerprint density at radius 1 is 1.32 bits per heavy atom. The summed E-state index contributed by atoms with van der Waals surface area (Å²) < 4.78 is 0. The van der Waals surface area contributed by atoms with Gasteiger partial charge in [-0.25, -0.2) is 4.79 Å². The van der Waals surface area contributed by atoms with Gasteiger partial charge in [0.25, 0.3) is 17.5 Å². The van der Waals surface area contributed by atoms with E-state index in [-0.39, 0.29) is 23.5 Å². The minimum absolute atomic E-state index is 0.0691. The molecule has 2 amide bonds. The zero-order chi connectivity index (χ0) is 16.6. The monoisotopic (exact) mass is 306 g/mol. The molecule has 1 aliphatic heterocycles. The summed E-state index contributed by atoms with van der Waals surface area (Å²) in [6.45, 7) is 3.52. The molecule has 0 spiro atoms. The number of nitro benzene ring substituents is 1. The lowest BCUT2D eigenvalue weighted by molar-refractivity contribution is -0.385. The number of rotatable bonds is 5. The molecular formula is C14H14N2O6. The number of amides is 2. The number of carbonyl (C=O) groups excluding carboxylic acids is 2. The van der Waals surface area contributed by atoms with Crippen LogP contribution in [-0.2, 0) is 4.79 Å². The third-order valence-electron chi connectivity index (χ3n) is 3.41. The summed E-state index contributed by atoms with van der Waals surface area (Å²) >= 11 is 0. The molecule has 0 aliphatic carbocycles. The maximum Gasteiger partial charge on any atom is 0.326 e. The molecule has 22 heavy (non-hydrogen) atoms. The van der Waals surface area contributed by atoms with Crippen molar-refractivity contribution in [1.29, 1.82) is 0 Å². The maximum absolute atomic E-state index is 12.4. The lowest BCUT2D eigenvalue weighted by atomic mass is 10.0. The van der Waals surface area contributed by atoms with E-state index in [9.17, 15) is 29.6 Å². The number of imide groups is 1. The first kappa shape index (κ1) is 15.6. The molecule has 0 aromatic heterocycles. The number of carboxylic acids is 1. The van der Waals surface area contributed by atoms with Crippen LogP contribution in [0.2, 0.25) is 0 Å². The zero-order valence-corrected chi connectivity index (χ0v) is 12.0. The van der Waals surface area contributed by atoms with E-state index in [1.54, 1.807) is 13.8 Å². The van der Waals surface area contributed by atoms with Crippen LogP contribution in [0, 0.1) is 16.0 Å². The van der Waals surface area contributed by atoms with Crippen LogP contribution in [0.4, 0.5) is 5.69 Å². The molecule has 8 heteroatoms. The standard InChI is InChI=1S/C14H14N2O6/c1-7(2)6-10(14(19)20)15-12(17)8-4-3-5-9(16(21)22)11(8)13(15)18/h3-5,7,10H,6H2,1-2H3,(H,19,20). The Bertz CT molecular complexity index is 682. The van der Waals surface area contributed by atoms with Crippen LogP contribution in [0.25, 0.3) is 0 Å². The fourth-order valence-corrected chi connectivity index (χ4v) is 2.48. The van der Waals surface area contributed by atoms with Crippen molar-refractivity contribution in [1.82, 2.24) is 4.90 Å². The van der Waals surface area contributed by atoms with Crippen molar-refractivity contribution in [2.75, 3.05) is 0 Å². The van der Waals surface area contributed by atoms with E-state index in [0.717, 1.165) is 6.07 Å². The van der Waals surface area contributed by atoms with Crippen LogP contribution in [0.15, 0.2) is 18.2 Å². The minimum atomic E-state index is -1.34. The molecule has 1 aromatic rings. The van der Waals surface area contributed by atoms with E-state index in [0.29, 0.717) is 4.90 Å². The molecular weight excluding hydrogens is 292 g/mol. The van der Waals surface area contributed by atoms with Gasteiger partial charge in [0.15, 0.2) is 0 Å². The fourth-order valence-electron chi connectivity index (χ4n) is 2.48. The van der Waals surface area contributed by atoms with Crippen LogP contribution in [0.5, 0.6) is 0 Å². The summed E-state index contributed by atoms with van der Waals surface area (Å²) in [7, 11) is 0. The fraction of sp³-hybridized carbons (Fsp3) is 0.357. The van der Waals surface area contributed by atoms with E-state index in [1.165, 1.54) is 12.1 Å². The lowest BCUT2D eigenvalue weighted by Crippen LogP contribution is -2.45. The van der Waals surface area contributed by atoms with Gasteiger partial charge in [0.1, 0.15) is 11.6 Å². The number of carboxylic acid groups (broad SMARTS) is 1. The number of benzene rings is 1. The highest BCUT2D eigenvalue weighted by Crippen LogP contribution is 2.33. The Morgan fingerprint density at radius 2 is 1.95 bits per heavy atom. The van der Waals surface area contributed by atoms with Gasteiger partial charge in [0.05, 0.1) is 10.5 Å². The van der Waals surface area contributed by atoms with Gasteiger partial charge in [-0.1, -0.05) is 19.9 Å². The van der Waals surface area contributed by atoms with Crippen LogP contribution >= 0.6 is 0 Å². The Morgan fingerprint density at radius 3 is 2.45 bits per heavy atom. The second-order valence-corrected chi connectivity index (χ2v) is 5.42. The van der Waals surface area contributed by atoms with Crippen LogP contribution in [-0.4, -0.2) is 38.8 Å². The number of nitrogens with zero attached hydrogens (tertiary/aromatic N) is 2. The van der Waals surface area contributed by atoms with Crippen LogP contribution < -0.4 is 0 Å². The van der Waals surface area contributed by atoms with E-state index in [2.05, 4.69) is 0 Å². The van der Waals surface area contributed by atoms with Crippen molar-refractivity contribution in [3.05, 3.63) is 39.4 Å². The molecule has 0 saturated heterocycles. The van der Waals surface area contributed by atoms with Gasteiger partial charge in [0, 0.05) is 6.07 Å².